The maximum absolute atomic E-state index is 15.2. The standard InChI is InChI=1S/C138H276O2/c1-6-11-16-21-26-31-36-41-45-49-53-57-61-65-69-73-77-81-85-89-93-97-102-107-112-117-122-127-132-137(131-126-121-116-111-106-101-40-35-30-25-20-15-10-5,133-128-123-118-113-108-103-98-94-90-86-82-78-74-70-66-62-58-54-50-46-42-37-32-27-22-17-12-7-2)138(136(139)140,134-129-124-119-114-109-104-99-95-91-87-83-79-75-71-67-63-59-55-51-47-43-38-33-28-23-18-13-8-3)135-130-125-120-115-110-105-100-96-92-88-84-80-76-72-68-64-60-56-52-48-44-39-34-29-24-19-14-9-4/h6-135H2,1-5H3,(H,139,140)/p-1. The van der Waals surface area contributed by atoms with Gasteiger partial charge in [-0.2, -0.15) is 0 Å². The lowest BCUT2D eigenvalue weighted by molar-refractivity contribution is -0.328. The van der Waals surface area contributed by atoms with Crippen molar-refractivity contribution >= 4 is 5.97 Å². The van der Waals surface area contributed by atoms with Crippen LogP contribution in [-0.2, 0) is 4.79 Å². The molecule has 0 radical (unpaired) electrons. The molecule has 0 aromatic heterocycles. The minimum absolute atomic E-state index is 0.154. The summed E-state index contributed by atoms with van der Waals surface area (Å²) < 4.78 is 0. The van der Waals surface area contributed by atoms with Gasteiger partial charge in [0.2, 0.25) is 0 Å². The van der Waals surface area contributed by atoms with E-state index in [1.165, 1.54) is 790 Å². The second-order valence-corrected chi connectivity index (χ2v) is 48.8. The van der Waals surface area contributed by atoms with E-state index in [0.717, 1.165) is 44.9 Å². The molecule has 0 saturated carbocycles. The fourth-order valence-corrected chi connectivity index (χ4v) is 25.1. The Morgan fingerprint density at radius 2 is 0.171 bits per heavy atom. The molecular weight excluding hydrogens is 1690 g/mol. The van der Waals surface area contributed by atoms with Crippen LogP contribution in [0.1, 0.15) is 869 Å². The number of carboxylic acids is 1. The van der Waals surface area contributed by atoms with Crippen molar-refractivity contribution in [1.29, 1.82) is 0 Å². The fraction of sp³-hybridized carbons (Fsp3) is 0.993. The van der Waals surface area contributed by atoms with Crippen molar-refractivity contribution in [2.45, 2.75) is 869 Å². The SMILES string of the molecule is CCCCCCCCCCCCCCCCCCCCCCCCCCCCCCC(CCCCCCCCCCCCCCC)(CCCCCCCCCCCCCCCCCCCCCCCCCCCCCC)C(CCCCCCCCCCCCCCCCCCCCCCCCCCCCCC)(CCCCCCCCCCCCCCCCCCCCCCCCCCCCCC)C(=O)[O-]. The van der Waals surface area contributed by atoms with Crippen molar-refractivity contribution in [2.75, 3.05) is 0 Å². The molecule has 0 aliphatic rings. The Kier molecular flexibility index (Phi) is 125. The lowest BCUT2D eigenvalue weighted by Gasteiger charge is -2.53. The van der Waals surface area contributed by atoms with Crippen LogP contribution in [-0.4, -0.2) is 5.97 Å². The Bertz CT molecular complexity index is 2020. The molecule has 0 rings (SSSR count). The van der Waals surface area contributed by atoms with E-state index in [2.05, 4.69) is 34.6 Å². The van der Waals surface area contributed by atoms with Crippen LogP contribution in [0.3, 0.4) is 0 Å². The lowest BCUT2D eigenvalue weighted by Crippen LogP contribution is -2.54. The van der Waals surface area contributed by atoms with Crippen molar-refractivity contribution < 1.29 is 9.90 Å². The maximum Gasteiger partial charge on any atom is 0.0481 e. The summed E-state index contributed by atoms with van der Waals surface area (Å²) in [7, 11) is 0. The van der Waals surface area contributed by atoms with Gasteiger partial charge in [0, 0.05) is 11.4 Å². The molecule has 2 heteroatoms. The predicted octanol–water partition coefficient (Wildman–Crippen LogP) is 51.5. The second-order valence-electron chi connectivity index (χ2n) is 48.8. The van der Waals surface area contributed by atoms with Crippen molar-refractivity contribution in [3.63, 3.8) is 0 Å². The van der Waals surface area contributed by atoms with E-state index in [9.17, 15) is 0 Å². The highest BCUT2D eigenvalue weighted by molar-refractivity contribution is 5.74. The van der Waals surface area contributed by atoms with Gasteiger partial charge in [-0.3, -0.25) is 0 Å². The largest absolute Gasteiger partial charge is 0.550 e. The highest BCUT2D eigenvalue weighted by Crippen LogP contribution is 2.57. The smallest absolute Gasteiger partial charge is 0.0481 e. The summed E-state index contributed by atoms with van der Waals surface area (Å²) >= 11 is 0. The first-order chi connectivity index (χ1) is 69.5. The van der Waals surface area contributed by atoms with Gasteiger partial charge in [0.05, 0.1) is 0 Å². The summed E-state index contributed by atoms with van der Waals surface area (Å²) in [6.45, 7) is 11.6. The Morgan fingerprint density at radius 1 is 0.107 bits per heavy atom. The lowest BCUT2D eigenvalue weighted by atomic mass is 9.53. The molecule has 0 atom stereocenters. The molecule has 0 N–H and O–H groups in total. The Labute approximate surface area is 890 Å². The minimum atomic E-state index is -0.709. The summed E-state index contributed by atoms with van der Waals surface area (Å²) in [4.78, 5) is 15.2. The third-order valence-corrected chi connectivity index (χ3v) is 35.1. The quantitative estimate of drug-likeness (QED) is 0.0570. The molecular formula is C138H275O2-. The zero-order chi connectivity index (χ0) is 101. The molecule has 0 saturated heterocycles. The van der Waals surface area contributed by atoms with Crippen LogP contribution in [0.25, 0.3) is 0 Å². The zero-order valence-corrected chi connectivity index (χ0v) is 99.2. The first-order valence-corrected chi connectivity index (χ1v) is 68.7. The van der Waals surface area contributed by atoms with E-state index in [-0.39, 0.29) is 5.41 Å². The van der Waals surface area contributed by atoms with Crippen LogP contribution in [0, 0.1) is 10.8 Å². The van der Waals surface area contributed by atoms with Gasteiger partial charge < -0.3 is 9.90 Å². The molecule has 2 nitrogen and oxygen atoms in total. The van der Waals surface area contributed by atoms with Gasteiger partial charge in [0.15, 0.2) is 0 Å². The third kappa shape index (κ3) is 107. The molecule has 0 aromatic carbocycles. The molecule has 0 amide bonds. The Morgan fingerprint density at radius 3 is 0.243 bits per heavy atom. The minimum Gasteiger partial charge on any atom is -0.550 e. The van der Waals surface area contributed by atoms with Crippen LogP contribution < -0.4 is 5.11 Å². The molecule has 140 heavy (non-hydrogen) atoms. The molecule has 840 valence electrons. The Balaban J connectivity index is 6.07. The van der Waals surface area contributed by atoms with Gasteiger partial charge in [-0.15, -0.1) is 0 Å². The van der Waals surface area contributed by atoms with Gasteiger partial charge >= 0.3 is 0 Å². The highest BCUT2D eigenvalue weighted by atomic mass is 16.4. The molecule has 0 spiro atoms. The van der Waals surface area contributed by atoms with Crippen LogP contribution in [0.5, 0.6) is 0 Å². The first kappa shape index (κ1) is 139. The van der Waals surface area contributed by atoms with E-state index in [4.69, 9.17) is 0 Å². The van der Waals surface area contributed by atoms with Gasteiger partial charge in [-0.1, -0.05) is 837 Å². The monoisotopic (exact) mass is 1970 g/mol. The van der Waals surface area contributed by atoms with Gasteiger partial charge in [0.25, 0.3) is 0 Å². The van der Waals surface area contributed by atoms with Crippen molar-refractivity contribution in [1.82, 2.24) is 0 Å². The highest BCUT2D eigenvalue weighted by Gasteiger charge is 2.50. The number of carbonyl (C=O) groups excluding carboxylic acids is 1. The summed E-state index contributed by atoms with van der Waals surface area (Å²) in [5.41, 5.74) is -0.863. The number of hydrogen-bond donors (Lipinski definition) is 0. The van der Waals surface area contributed by atoms with Gasteiger partial charge in [-0.05, 0) is 37.5 Å². The molecule has 0 unspecified atom stereocenters. The van der Waals surface area contributed by atoms with E-state index in [0.29, 0.717) is 0 Å². The molecule has 0 aromatic rings. The summed E-state index contributed by atoms with van der Waals surface area (Å²) in [5.74, 6) is -0.609. The molecule has 0 bridgehead atoms. The number of carbonyl (C=O) groups is 1. The first-order valence-electron chi connectivity index (χ1n) is 68.7. The number of carboxylic acid groups (broad SMARTS) is 1. The maximum atomic E-state index is 15.2. The zero-order valence-electron chi connectivity index (χ0n) is 99.2. The fourth-order valence-electron chi connectivity index (χ4n) is 25.1. The average molecular weight is 1970 g/mol. The third-order valence-electron chi connectivity index (χ3n) is 35.1. The van der Waals surface area contributed by atoms with E-state index in [1.807, 2.05) is 0 Å². The predicted molar refractivity (Wildman–Crippen MR) is 638 cm³/mol. The van der Waals surface area contributed by atoms with Gasteiger partial charge in [0.1, 0.15) is 0 Å². The number of unbranched alkanes of at least 4 members (excludes halogenated alkanes) is 120. The summed E-state index contributed by atoms with van der Waals surface area (Å²) in [6.07, 6.45) is 183. The average Bonchev–Trinajstić information content (AvgIpc) is 0.755. The molecule has 0 aliphatic heterocycles. The van der Waals surface area contributed by atoms with Crippen LogP contribution in [0.15, 0.2) is 0 Å². The molecule has 0 heterocycles. The molecule has 0 aliphatic carbocycles. The van der Waals surface area contributed by atoms with Gasteiger partial charge in [-0.25, -0.2) is 0 Å². The summed E-state index contributed by atoms with van der Waals surface area (Å²) in [6, 6.07) is 0. The van der Waals surface area contributed by atoms with Crippen LogP contribution in [0.4, 0.5) is 0 Å². The van der Waals surface area contributed by atoms with E-state index in [1.54, 1.807) is 0 Å². The number of rotatable bonds is 132. The van der Waals surface area contributed by atoms with E-state index >= 15 is 9.90 Å². The number of aliphatic carboxylic acids is 1. The van der Waals surface area contributed by atoms with Crippen LogP contribution >= 0.6 is 0 Å². The van der Waals surface area contributed by atoms with E-state index < -0.39 is 11.4 Å². The topological polar surface area (TPSA) is 40.1 Å². The second kappa shape index (κ2) is 125. The van der Waals surface area contributed by atoms with Crippen molar-refractivity contribution in [3.05, 3.63) is 0 Å². The van der Waals surface area contributed by atoms with Crippen molar-refractivity contribution in [2.24, 2.45) is 10.8 Å². The van der Waals surface area contributed by atoms with Crippen LogP contribution in [0.2, 0.25) is 0 Å². The molecule has 0 fully saturated rings. The van der Waals surface area contributed by atoms with Crippen molar-refractivity contribution in [3.8, 4) is 0 Å². The normalized spacial score (nSPS) is 12.1. The number of hydrogen-bond acceptors (Lipinski definition) is 2. The Hall–Kier alpha value is -0.530. The summed E-state index contributed by atoms with van der Waals surface area (Å²) in [5, 5.41) is 15.2.